The summed E-state index contributed by atoms with van der Waals surface area (Å²) in [6.07, 6.45) is 3.91. The van der Waals surface area contributed by atoms with Crippen LogP contribution in [-0.4, -0.2) is 10.1 Å². The Morgan fingerprint density at radius 3 is 2.80 bits per heavy atom. The molecule has 15 heavy (non-hydrogen) atoms. The van der Waals surface area contributed by atoms with E-state index >= 15 is 0 Å². The summed E-state index contributed by atoms with van der Waals surface area (Å²) >= 11 is 0. The lowest BCUT2D eigenvalue weighted by molar-refractivity contribution is 0.288. The topological polar surface area (TPSA) is 42.4 Å². The minimum atomic E-state index is 0.0321. The normalized spacial score (nSPS) is 9.87. The molecule has 1 aromatic carbocycles. The van der Waals surface area contributed by atoms with Crippen molar-refractivity contribution in [3.05, 3.63) is 54.4 Å². The smallest absolute Gasteiger partial charge is 0.176 e. The zero-order chi connectivity index (χ0) is 10.5. The van der Waals surface area contributed by atoms with Gasteiger partial charge in [-0.2, -0.15) is 0 Å². The second kappa shape index (κ2) is 4.46. The van der Waals surface area contributed by atoms with Gasteiger partial charge in [0.05, 0.1) is 12.4 Å². The lowest BCUT2D eigenvalue weighted by Crippen LogP contribution is -1.95. The van der Waals surface area contributed by atoms with Gasteiger partial charge in [0.2, 0.25) is 0 Å². The molecular weight excluding hydrogens is 190 g/mol. The molecule has 0 aliphatic rings. The van der Waals surface area contributed by atoms with E-state index in [1.165, 1.54) is 12.3 Å². The maximum Gasteiger partial charge on any atom is 0.176 e. The Hall–Kier alpha value is -2.03. The van der Waals surface area contributed by atoms with Crippen LogP contribution in [0.5, 0.6) is 11.5 Å². The molecular formula is C12H10NO2. The Balaban J connectivity index is 2.03. The van der Waals surface area contributed by atoms with Gasteiger partial charge in [-0.1, -0.05) is 30.3 Å². The molecule has 1 N–H and O–H groups in total. The van der Waals surface area contributed by atoms with Crippen LogP contribution in [0.3, 0.4) is 0 Å². The van der Waals surface area contributed by atoms with Crippen LogP contribution in [0, 0.1) is 6.20 Å². The number of aromatic hydroxyl groups is 1. The van der Waals surface area contributed by atoms with Gasteiger partial charge in [-0.05, 0) is 5.56 Å². The van der Waals surface area contributed by atoms with Crippen molar-refractivity contribution >= 4 is 0 Å². The highest BCUT2D eigenvalue weighted by atomic mass is 16.5. The van der Waals surface area contributed by atoms with Crippen molar-refractivity contribution in [3.8, 4) is 11.5 Å². The number of pyridine rings is 1. The predicted molar refractivity (Wildman–Crippen MR) is 55.5 cm³/mol. The van der Waals surface area contributed by atoms with Gasteiger partial charge in [-0.15, -0.1) is 0 Å². The van der Waals surface area contributed by atoms with Gasteiger partial charge >= 0.3 is 0 Å². The average molecular weight is 200 g/mol. The summed E-state index contributed by atoms with van der Waals surface area (Å²) in [4.78, 5) is 3.64. The summed E-state index contributed by atoms with van der Waals surface area (Å²) in [5, 5.41) is 9.38. The second-order valence-corrected chi connectivity index (χ2v) is 3.06. The van der Waals surface area contributed by atoms with Crippen LogP contribution < -0.4 is 4.74 Å². The Kier molecular flexibility index (Phi) is 2.83. The van der Waals surface area contributed by atoms with Crippen LogP contribution in [0.25, 0.3) is 0 Å². The zero-order valence-electron chi connectivity index (χ0n) is 8.05. The molecule has 0 aliphatic heterocycles. The highest BCUT2D eigenvalue weighted by Crippen LogP contribution is 2.23. The Bertz CT molecular complexity index is 429. The number of aromatic nitrogens is 1. The van der Waals surface area contributed by atoms with Crippen molar-refractivity contribution in [1.29, 1.82) is 0 Å². The molecule has 1 aromatic heterocycles. The maximum atomic E-state index is 9.38. The summed E-state index contributed by atoms with van der Waals surface area (Å²) in [7, 11) is 0. The SMILES string of the molecule is Oc1cn[c]cc1OCc1ccccc1. The van der Waals surface area contributed by atoms with E-state index in [4.69, 9.17) is 4.74 Å². The summed E-state index contributed by atoms with van der Waals surface area (Å²) < 4.78 is 5.40. The fourth-order valence-corrected chi connectivity index (χ4v) is 1.18. The van der Waals surface area contributed by atoms with E-state index in [1.54, 1.807) is 0 Å². The standard InChI is InChI=1S/C12H10NO2/c14-11-8-13-7-6-12(11)15-9-10-4-2-1-3-5-10/h1-6,8,14H,9H2. The van der Waals surface area contributed by atoms with Crippen LogP contribution in [0.2, 0.25) is 0 Å². The summed E-state index contributed by atoms with van der Waals surface area (Å²) in [6, 6.07) is 11.3. The molecule has 0 saturated carbocycles. The van der Waals surface area contributed by atoms with Crippen molar-refractivity contribution in [3.63, 3.8) is 0 Å². The number of hydrogen-bond donors (Lipinski definition) is 1. The molecule has 0 atom stereocenters. The quantitative estimate of drug-likeness (QED) is 0.825. The van der Waals surface area contributed by atoms with E-state index in [2.05, 4.69) is 11.2 Å². The van der Waals surface area contributed by atoms with Crippen LogP contribution in [-0.2, 0) is 6.61 Å². The molecule has 2 aromatic rings. The van der Waals surface area contributed by atoms with Gasteiger partial charge < -0.3 is 9.84 Å². The van der Waals surface area contributed by atoms with Crippen molar-refractivity contribution in [2.24, 2.45) is 0 Å². The van der Waals surface area contributed by atoms with Gasteiger partial charge in [0.25, 0.3) is 0 Å². The molecule has 1 heterocycles. The number of ether oxygens (including phenoxy) is 1. The second-order valence-electron chi connectivity index (χ2n) is 3.06. The van der Waals surface area contributed by atoms with E-state index in [0.29, 0.717) is 12.4 Å². The molecule has 0 saturated heterocycles. The lowest BCUT2D eigenvalue weighted by atomic mass is 10.2. The van der Waals surface area contributed by atoms with Gasteiger partial charge in [-0.3, -0.25) is 4.98 Å². The maximum absolute atomic E-state index is 9.38. The number of nitrogens with zero attached hydrogens (tertiary/aromatic N) is 1. The van der Waals surface area contributed by atoms with E-state index in [1.807, 2.05) is 30.3 Å². The molecule has 0 amide bonds. The first kappa shape index (κ1) is 9.52. The minimum absolute atomic E-state index is 0.0321. The molecule has 75 valence electrons. The molecule has 0 unspecified atom stereocenters. The number of rotatable bonds is 3. The van der Waals surface area contributed by atoms with E-state index in [0.717, 1.165) is 5.56 Å². The largest absolute Gasteiger partial charge is 0.503 e. The molecule has 1 radical (unpaired) electrons. The third kappa shape index (κ3) is 2.47. The summed E-state index contributed by atoms with van der Waals surface area (Å²) in [6.45, 7) is 0.423. The first-order valence-corrected chi connectivity index (χ1v) is 4.58. The van der Waals surface area contributed by atoms with Gasteiger partial charge in [0, 0.05) is 6.07 Å². The van der Waals surface area contributed by atoms with Gasteiger partial charge in [-0.25, -0.2) is 0 Å². The van der Waals surface area contributed by atoms with Crippen LogP contribution in [0.15, 0.2) is 42.6 Å². The predicted octanol–water partition coefficient (Wildman–Crippen LogP) is 2.17. The highest BCUT2D eigenvalue weighted by Gasteiger charge is 2.01. The average Bonchev–Trinajstić information content (AvgIpc) is 2.29. The Morgan fingerprint density at radius 2 is 2.07 bits per heavy atom. The fourth-order valence-electron chi connectivity index (χ4n) is 1.18. The van der Waals surface area contributed by atoms with Gasteiger partial charge in [0.1, 0.15) is 6.61 Å². The Morgan fingerprint density at radius 1 is 1.27 bits per heavy atom. The third-order valence-electron chi connectivity index (χ3n) is 1.95. The fraction of sp³-hybridized carbons (Fsp3) is 0.0833. The summed E-state index contributed by atoms with van der Waals surface area (Å²) in [5.41, 5.74) is 1.05. The highest BCUT2D eigenvalue weighted by molar-refractivity contribution is 5.34. The number of hydrogen-bond acceptors (Lipinski definition) is 3. The van der Waals surface area contributed by atoms with Crippen molar-refractivity contribution in [1.82, 2.24) is 4.98 Å². The van der Waals surface area contributed by atoms with Crippen molar-refractivity contribution < 1.29 is 9.84 Å². The molecule has 0 fully saturated rings. The first-order valence-electron chi connectivity index (χ1n) is 4.58. The van der Waals surface area contributed by atoms with Crippen LogP contribution in [0.1, 0.15) is 5.56 Å². The first-order chi connectivity index (χ1) is 7.36. The van der Waals surface area contributed by atoms with Crippen molar-refractivity contribution in [2.75, 3.05) is 0 Å². The molecule has 3 nitrogen and oxygen atoms in total. The minimum Gasteiger partial charge on any atom is -0.503 e. The van der Waals surface area contributed by atoms with Crippen molar-refractivity contribution in [2.45, 2.75) is 6.61 Å². The number of benzene rings is 1. The van der Waals surface area contributed by atoms with Gasteiger partial charge in [0.15, 0.2) is 11.5 Å². The zero-order valence-corrected chi connectivity index (χ0v) is 8.05. The third-order valence-corrected chi connectivity index (χ3v) is 1.95. The molecule has 2 rings (SSSR count). The molecule has 0 aliphatic carbocycles. The Labute approximate surface area is 88.0 Å². The van der Waals surface area contributed by atoms with Crippen LogP contribution in [0.4, 0.5) is 0 Å². The van der Waals surface area contributed by atoms with E-state index in [-0.39, 0.29) is 5.75 Å². The van der Waals surface area contributed by atoms with Crippen LogP contribution >= 0.6 is 0 Å². The monoisotopic (exact) mass is 200 g/mol. The van der Waals surface area contributed by atoms with E-state index in [9.17, 15) is 5.11 Å². The molecule has 0 bridgehead atoms. The lowest BCUT2D eigenvalue weighted by Gasteiger charge is -2.06. The molecule has 0 spiro atoms. The summed E-state index contributed by atoms with van der Waals surface area (Å²) in [5.74, 6) is 0.429. The van der Waals surface area contributed by atoms with E-state index < -0.39 is 0 Å². The molecule has 3 heteroatoms.